The second-order valence-corrected chi connectivity index (χ2v) is 4.61. The average molecular weight is 278 g/mol. The van der Waals surface area contributed by atoms with Crippen LogP contribution in [0.4, 0.5) is 0 Å². The highest BCUT2D eigenvalue weighted by molar-refractivity contribution is 6.31. The molecule has 0 fully saturated rings. The van der Waals surface area contributed by atoms with E-state index in [1.54, 1.807) is 29.4 Å². The molecule has 0 saturated heterocycles. The maximum atomic E-state index is 11.9. The average Bonchev–Trinajstić information content (AvgIpc) is 2.80. The molecule has 100 valence electrons. The van der Waals surface area contributed by atoms with Crippen LogP contribution in [-0.4, -0.2) is 23.9 Å². The van der Waals surface area contributed by atoms with Gasteiger partial charge in [-0.3, -0.25) is 4.79 Å². The molecule has 1 amide bonds. The van der Waals surface area contributed by atoms with Crippen LogP contribution < -0.4 is 0 Å². The normalized spacial score (nSPS) is 11.3. The largest absolute Gasteiger partial charge is 0.464 e. The van der Waals surface area contributed by atoms with Gasteiger partial charge in [0, 0.05) is 35.1 Å². The predicted octanol–water partition coefficient (Wildman–Crippen LogP) is 3.97. The molecule has 1 aromatic heterocycles. The summed E-state index contributed by atoms with van der Waals surface area (Å²) in [6, 6.07) is 5.44. The summed E-state index contributed by atoms with van der Waals surface area (Å²) in [6.07, 6.45) is 4.97. The van der Waals surface area contributed by atoms with E-state index < -0.39 is 0 Å². The molecule has 3 nitrogen and oxygen atoms in total. The molecule has 2 rings (SSSR count). The van der Waals surface area contributed by atoms with E-state index in [0.29, 0.717) is 18.1 Å². The van der Waals surface area contributed by atoms with Gasteiger partial charge in [-0.25, -0.2) is 0 Å². The van der Waals surface area contributed by atoms with Gasteiger partial charge in [0.1, 0.15) is 5.58 Å². The lowest BCUT2D eigenvalue weighted by atomic mass is 10.1. The van der Waals surface area contributed by atoms with E-state index in [4.69, 9.17) is 16.0 Å². The Hall–Kier alpha value is -1.74. The molecule has 0 saturated carbocycles. The van der Waals surface area contributed by atoms with E-state index in [0.717, 1.165) is 16.5 Å². The third-order valence-corrected chi connectivity index (χ3v) is 3.28. The number of nitrogens with zero attached hydrogens (tertiary/aromatic N) is 1. The minimum atomic E-state index is 0.00128. The number of benzene rings is 1. The molecule has 0 bridgehead atoms. The molecule has 0 aliphatic heterocycles. The monoisotopic (exact) mass is 277 g/mol. The maximum absolute atomic E-state index is 11.9. The fraction of sp³-hybridized carbons (Fsp3) is 0.267. The van der Waals surface area contributed by atoms with Gasteiger partial charge in [0.2, 0.25) is 5.91 Å². The van der Waals surface area contributed by atoms with Crippen molar-refractivity contribution in [2.24, 2.45) is 0 Å². The third kappa shape index (κ3) is 2.99. The lowest BCUT2D eigenvalue weighted by Crippen LogP contribution is -2.28. The highest BCUT2D eigenvalue weighted by atomic mass is 35.5. The molecule has 4 heteroatoms. The van der Waals surface area contributed by atoms with E-state index in [9.17, 15) is 4.79 Å². The molecule has 0 aliphatic rings. The number of fused-ring (bicyclic) bond motifs is 1. The van der Waals surface area contributed by atoms with Gasteiger partial charge in [-0.15, -0.1) is 0 Å². The van der Waals surface area contributed by atoms with Gasteiger partial charge in [-0.05, 0) is 38.1 Å². The van der Waals surface area contributed by atoms with Crippen LogP contribution in [0.25, 0.3) is 17.0 Å². The molecular formula is C15H16ClNO2. The Morgan fingerprint density at radius 2 is 2.11 bits per heavy atom. The van der Waals surface area contributed by atoms with E-state index in [1.807, 2.05) is 26.0 Å². The van der Waals surface area contributed by atoms with Crippen molar-refractivity contribution >= 4 is 34.6 Å². The molecule has 0 aliphatic carbocycles. The highest BCUT2D eigenvalue weighted by Gasteiger charge is 2.07. The molecule has 0 radical (unpaired) electrons. The number of halogens is 1. The molecule has 0 unspecified atom stereocenters. The van der Waals surface area contributed by atoms with Crippen LogP contribution in [0.1, 0.15) is 19.4 Å². The summed E-state index contributed by atoms with van der Waals surface area (Å²) in [7, 11) is 0. The number of hydrogen-bond donors (Lipinski definition) is 0. The van der Waals surface area contributed by atoms with Crippen LogP contribution in [0.5, 0.6) is 0 Å². The van der Waals surface area contributed by atoms with Crippen LogP contribution in [0.3, 0.4) is 0 Å². The standard InChI is InChI=1S/C15H16ClNO2/c1-3-17(4-2)15(18)8-5-11-10-19-14-7-6-12(16)9-13(11)14/h5-10H,3-4H2,1-2H3/b8-5+. The third-order valence-electron chi connectivity index (χ3n) is 3.05. The zero-order valence-corrected chi connectivity index (χ0v) is 11.8. The molecule has 2 aromatic rings. The van der Waals surface area contributed by atoms with Gasteiger partial charge >= 0.3 is 0 Å². The topological polar surface area (TPSA) is 33.5 Å². The number of hydrogen-bond acceptors (Lipinski definition) is 2. The maximum Gasteiger partial charge on any atom is 0.246 e. The first-order valence-corrected chi connectivity index (χ1v) is 6.67. The summed E-state index contributed by atoms with van der Waals surface area (Å²) >= 11 is 5.96. The molecular weight excluding hydrogens is 262 g/mol. The van der Waals surface area contributed by atoms with Gasteiger partial charge < -0.3 is 9.32 Å². The number of carbonyl (C=O) groups is 1. The summed E-state index contributed by atoms with van der Waals surface area (Å²) in [5.74, 6) is 0.00128. The molecule has 0 atom stereocenters. The van der Waals surface area contributed by atoms with Crippen molar-refractivity contribution in [1.82, 2.24) is 4.90 Å². The second kappa shape index (κ2) is 5.93. The summed E-state index contributed by atoms with van der Waals surface area (Å²) < 4.78 is 5.41. The first kappa shape index (κ1) is 13.7. The number of likely N-dealkylation sites (N-methyl/N-ethyl adjacent to an activating group) is 1. The Labute approximate surface area is 117 Å². The van der Waals surface area contributed by atoms with Gasteiger partial charge in [0.25, 0.3) is 0 Å². The predicted molar refractivity (Wildman–Crippen MR) is 78.2 cm³/mol. The minimum Gasteiger partial charge on any atom is -0.464 e. The molecule has 0 N–H and O–H groups in total. The van der Waals surface area contributed by atoms with Crippen LogP contribution in [-0.2, 0) is 4.79 Å². The van der Waals surface area contributed by atoms with Gasteiger partial charge in [0.05, 0.1) is 6.26 Å². The minimum absolute atomic E-state index is 0.00128. The summed E-state index contributed by atoms with van der Waals surface area (Å²) in [5.41, 5.74) is 1.62. The number of carbonyl (C=O) groups excluding carboxylic acids is 1. The quantitative estimate of drug-likeness (QED) is 0.793. The van der Waals surface area contributed by atoms with E-state index >= 15 is 0 Å². The Morgan fingerprint density at radius 1 is 1.37 bits per heavy atom. The second-order valence-electron chi connectivity index (χ2n) is 4.18. The molecule has 0 spiro atoms. The van der Waals surface area contributed by atoms with Crippen LogP contribution in [0, 0.1) is 0 Å². The smallest absolute Gasteiger partial charge is 0.246 e. The first-order valence-electron chi connectivity index (χ1n) is 6.29. The van der Waals surface area contributed by atoms with Crippen molar-refractivity contribution in [3.8, 4) is 0 Å². The number of amides is 1. The van der Waals surface area contributed by atoms with Crippen molar-refractivity contribution in [3.05, 3.63) is 41.1 Å². The van der Waals surface area contributed by atoms with E-state index in [2.05, 4.69) is 0 Å². The van der Waals surface area contributed by atoms with Crippen LogP contribution in [0.15, 0.2) is 35.0 Å². The summed E-state index contributed by atoms with van der Waals surface area (Å²) in [4.78, 5) is 13.6. The Morgan fingerprint density at radius 3 is 2.79 bits per heavy atom. The summed E-state index contributed by atoms with van der Waals surface area (Å²) in [5, 5.41) is 1.56. The van der Waals surface area contributed by atoms with Gasteiger partial charge in [-0.2, -0.15) is 0 Å². The first-order chi connectivity index (χ1) is 9.15. The lowest BCUT2D eigenvalue weighted by molar-refractivity contribution is -0.125. The Bertz CT molecular complexity index is 612. The highest BCUT2D eigenvalue weighted by Crippen LogP contribution is 2.25. The molecule has 1 aromatic carbocycles. The van der Waals surface area contributed by atoms with Crippen molar-refractivity contribution in [2.75, 3.05) is 13.1 Å². The van der Waals surface area contributed by atoms with E-state index in [-0.39, 0.29) is 5.91 Å². The van der Waals surface area contributed by atoms with Crippen LogP contribution in [0.2, 0.25) is 5.02 Å². The fourth-order valence-electron chi connectivity index (χ4n) is 1.95. The Balaban J connectivity index is 2.26. The molecule has 19 heavy (non-hydrogen) atoms. The molecule has 1 heterocycles. The van der Waals surface area contributed by atoms with Gasteiger partial charge in [-0.1, -0.05) is 11.6 Å². The van der Waals surface area contributed by atoms with E-state index in [1.165, 1.54) is 0 Å². The number of furan rings is 1. The van der Waals surface area contributed by atoms with Crippen molar-refractivity contribution < 1.29 is 9.21 Å². The SMILES string of the molecule is CCN(CC)C(=O)/C=C/c1coc2ccc(Cl)cc12. The zero-order valence-electron chi connectivity index (χ0n) is 11.0. The van der Waals surface area contributed by atoms with Gasteiger partial charge in [0.15, 0.2) is 0 Å². The Kier molecular flexibility index (Phi) is 4.27. The van der Waals surface area contributed by atoms with Crippen molar-refractivity contribution in [1.29, 1.82) is 0 Å². The van der Waals surface area contributed by atoms with Crippen molar-refractivity contribution in [2.45, 2.75) is 13.8 Å². The van der Waals surface area contributed by atoms with Crippen LogP contribution >= 0.6 is 11.6 Å². The fourth-order valence-corrected chi connectivity index (χ4v) is 2.12. The zero-order chi connectivity index (χ0) is 13.8. The lowest BCUT2D eigenvalue weighted by Gasteiger charge is -2.15. The van der Waals surface area contributed by atoms with Crippen molar-refractivity contribution in [3.63, 3.8) is 0 Å². The number of rotatable bonds is 4. The summed E-state index contributed by atoms with van der Waals surface area (Å²) in [6.45, 7) is 5.33.